The number of nitrogens with zero attached hydrogens (tertiary/aromatic N) is 1. The van der Waals surface area contributed by atoms with Gasteiger partial charge in [-0.25, -0.2) is 0 Å². The first-order valence-corrected chi connectivity index (χ1v) is 9.17. The van der Waals surface area contributed by atoms with Crippen molar-refractivity contribution in [2.24, 2.45) is 0 Å². The van der Waals surface area contributed by atoms with Crippen LogP contribution in [-0.2, 0) is 9.47 Å². The monoisotopic (exact) mass is 338 g/mol. The van der Waals surface area contributed by atoms with E-state index in [0.29, 0.717) is 6.54 Å². The minimum Gasteiger partial charge on any atom is -0.381 e. The average molecular weight is 338 g/mol. The SMILES string of the molecule is CN(C)C1(CNC(=O)c2ccc([C@@H]3CCCO3)s2)CCOCC1. The van der Waals surface area contributed by atoms with Crippen molar-refractivity contribution in [3.8, 4) is 0 Å². The van der Waals surface area contributed by atoms with Crippen LogP contribution < -0.4 is 5.32 Å². The fourth-order valence-corrected chi connectivity index (χ4v) is 4.32. The second-order valence-corrected chi connectivity index (χ2v) is 7.73. The molecule has 128 valence electrons. The zero-order valence-corrected chi connectivity index (χ0v) is 14.8. The summed E-state index contributed by atoms with van der Waals surface area (Å²) < 4.78 is 11.2. The van der Waals surface area contributed by atoms with Crippen LogP contribution in [0.4, 0.5) is 0 Å². The molecule has 1 N–H and O–H groups in total. The van der Waals surface area contributed by atoms with Crippen LogP contribution in [0.15, 0.2) is 12.1 Å². The lowest BCUT2D eigenvalue weighted by Crippen LogP contribution is -2.55. The largest absolute Gasteiger partial charge is 0.381 e. The quantitative estimate of drug-likeness (QED) is 0.896. The molecule has 6 heteroatoms. The molecule has 0 saturated carbocycles. The number of carbonyl (C=O) groups excluding carboxylic acids is 1. The van der Waals surface area contributed by atoms with E-state index in [2.05, 4.69) is 24.3 Å². The molecule has 1 aromatic heterocycles. The fourth-order valence-electron chi connectivity index (χ4n) is 3.32. The van der Waals surface area contributed by atoms with Crippen LogP contribution in [0.3, 0.4) is 0 Å². The van der Waals surface area contributed by atoms with Crippen LogP contribution in [-0.4, -0.2) is 56.8 Å². The third kappa shape index (κ3) is 3.76. The molecule has 1 aromatic rings. The summed E-state index contributed by atoms with van der Waals surface area (Å²) in [5, 5.41) is 3.13. The Bertz CT molecular complexity index is 532. The normalized spacial score (nSPS) is 24.0. The molecular formula is C17H26N2O3S. The molecule has 1 amide bonds. The molecule has 2 saturated heterocycles. The van der Waals surface area contributed by atoms with Crippen LogP contribution in [0, 0.1) is 0 Å². The van der Waals surface area contributed by atoms with Crippen LogP contribution in [0.2, 0.25) is 0 Å². The zero-order chi connectivity index (χ0) is 16.3. The number of thiophene rings is 1. The molecule has 0 radical (unpaired) electrons. The summed E-state index contributed by atoms with van der Waals surface area (Å²) >= 11 is 1.56. The second-order valence-electron chi connectivity index (χ2n) is 6.62. The molecule has 2 aliphatic rings. The molecule has 0 unspecified atom stereocenters. The predicted molar refractivity (Wildman–Crippen MR) is 91.1 cm³/mol. The summed E-state index contributed by atoms with van der Waals surface area (Å²) in [6, 6.07) is 3.95. The standard InChI is InChI=1S/C17H26N2O3S/c1-19(2)17(7-10-21-11-8-17)12-18-16(20)15-6-5-14(23-15)13-4-3-9-22-13/h5-6,13H,3-4,7-12H2,1-2H3,(H,18,20)/t13-/m0/s1. The first kappa shape index (κ1) is 16.9. The number of ether oxygens (including phenoxy) is 2. The molecule has 0 bridgehead atoms. The van der Waals surface area contributed by atoms with E-state index >= 15 is 0 Å². The Morgan fingerprint density at radius 2 is 2.13 bits per heavy atom. The molecule has 2 aliphatic heterocycles. The van der Waals surface area contributed by atoms with Gasteiger partial charge in [0.25, 0.3) is 5.91 Å². The maximum atomic E-state index is 12.5. The molecular weight excluding hydrogens is 312 g/mol. The van der Waals surface area contributed by atoms with E-state index in [4.69, 9.17) is 9.47 Å². The van der Waals surface area contributed by atoms with Crippen LogP contribution in [0.1, 0.15) is 46.3 Å². The van der Waals surface area contributed by atoms with Crippen molar-refractivity contribution in [3.63, 3.8) is 0 Å². The highest BCUT2D eigenvalue weighted by Gasteiger charge is 2.35. The highest BCUT2D eigenvalue weighted by atomic mass is 32.1. The molecule has 0 aliphatic carbocycles. The molecule has 0 spiro atoms. The van der Waals surface area contributed by atoms with E-state index in [1.54, 1.807) is 11.3 Å². The molecule has 23 heavy (non-hydrogen) atoms. The summed E-state index contributed by atoms with van der Waals surface area (Å²) in [6.07, 6.45) is 4.26. The van der Waals surface area contributed by atoms with E-state index < -0.39 is 0 Å². The van der Waals surface area contributed by atoms with Gasteiger partial charge in [0.15, 0.2) is 0 Å². The number of carbonyl (C=O) groups is 1. The molecule has 0 aromatic carbocycles. The van der Waals surface area contributed by atoms with Gasteiger partial charge in [0.2, 0.25) is 0 Å². The van der Waals surface area contributed by atoms with Gasteiger partial charge in [-0.2, -0.15) is 0 Å². The topological polar surface area (TPSA) is 50.8 Å². The number of rotatable bonds is 5. The van der Waals surface area contributed by atoms with Crippen molar-refractivity contribution in [2.45, 2.75) is 37.3 Å². The Kier molecular flexibility index (Phi) is 5.36. The Balaban J connectivity index is 1.60. The molecule has 5 nitrogen and oxygen atoms in total. The van der Waals surface area contributed by atoms with Crippen molar-refractivity contribution in [3.05, 3.63) is 21.9 Å². The first-order valence-electron chi connectivity index (χ1n) is 8.35. The Morgan fingerprint density at radius 3 is 2.78 bits per heavy atom. The summed E-state index contributed by atoms with van der Waals surface area (Å²) in [6.45, 7) is 3.01. The van der Waals surface area contributed by atoms with E-state index in [1.807, 2.05) is 12.1 Å². The number of nitrogens with one attached hydrogen (secondary N) is 1. The van der Waals surface area contributed by atoms with Gasteiger partial charge in [0, 0.05) is 36.8 Å². The van der Waals surface area contributed by atoms with Crippen molar-refractivity contribution in [2.75, 3.05) is 40.5 Å². The van der Waals surface area contributed by atoms with E-state index in [9.17, 15) is 4.79 Å². The van der Waals surface area contributed by atoms with Crippen molar-refractivity contribution in [1.29, 1.82) is 0 Å². The highest BCUT2D eigenvalue weighted by molar-refractivity contribution is 7.14. The Labute approximate surface area is 142 Å². The van der Waals surface area contributed by atoms with Crippen LogP contribution >= 0.6 is 11.3 Å². The lowest BCUT2D eigenvalue weighted by atomic mass is 9.88. The second kappa shape index (κ2) is 7.30. The summed E-state index contributed by atoms with van der Waals surface area (Å²) in [5.74, 6) is 0.0203. The Morgan fingerprint density at radius 1 is 1.35 bits per heavy atom. The molecule has 2 fully saturated rings. The van der Waals surface area contributed by atoms with E-state index in [-0.39, 0.29) is 17.6 Å². The fraction of sp³-hybridized carbons (Fsp3) is 0.706. The summed E-state index contributed by atoms with van der Waals surface area (Å²) in [4.78, 5) is 16.7. The third-order valence-corrected chi connectivity index (χ3v) is 6.22. The minimum absolute atomic E-state index is 0.00254. The lowest BCUT2D eigenvalue weighted by molar-refractivity contribution is -0.00656. The predicted octanol–water partition coefficient (Wildman–Crippen LogP) is 2.44. The lowest BCUT2D eigenvalue weighted by Gasteiger charge is -2.42. The van der Waals surface area contributed by atoms with E-state index in [1.165, 1.54) is 4.88 Å². The first-order chi connectivity index (χ1) is 11.1. The molecule has 3 heterocycles. The van der Waals surface area contributed by atoms with Gasteiger partial charge in [-0.05, 0) is 51.9 Å². The van der Waals surface area contributed by atoms with Gasteiger partial charge in [0.1, 0.15) is 0 Å². The summed E-state index contributed by atoms with van der Waals surface area (Å²) in [5.41, 5.74) is 0.00254. The average Bonchev–Trinajstić information content (AvgIpc) is 3.24. The smallest absolute Gasteiger partial charge is 0.261 e. The van der Waals surface area contributed by atoms with Crippen LogP contribution in [0.25, 0.3) is 0 Å². The van der Waals surface area contributed by atoms with Gasteiger partial charge < -0.3 is 19.7 Å². The maximum absolute atomic E-state index is 12.5. The van der Waals surface area contributed by atoms with Crippen molar-refractivity contribution >= 4 is 17.2 Å². The van der Waals surface area contributed by atoms with Crippen molar-refractivity contribution in [1.82, 2.24) is 10.2 Å². The van der Waals surface area contributed by atoms with Gasteiger partial charge in [-0.3, -0.25) is 4.79 Å². The Hall–Kier alpha value is -0.950. The zero-order valence-electron chi connectivity index (χ0n) is 14.0. The van der Waals surface area contributed by atoms with Gasteiger partial charge in [-0.1, -0.05) is 0 Å². The third-order valence-electron chi connectivity index (χ3n) is 5.05. The minimum atomic E-state index is 0.00254. The van der Waals surface area contributed by atoms with Gasteiger partial charge in [-0.15, -0.1) is 11.3 Å². The van der Waals surface area contributed by atoms with Crippen LogP contribution in [0.5, 0.6) is 0 Å². The number of hydrogen-bond acceptors (Lipinski definition) is 5. The number of amides is 1. The summed E-state index contributed by atoms with van der Waals surface area (Å²) in [7, 11) is 4.16. The van der Waals surface area contributed by atoms with E-state index in [0.717, 1.165) is 50.4 Å². The van der Waals surface area contributed by atoms with Gasteiger partial charge in [0.05, 0.1) is 11.0 Å². The maximum Gasteiger partial charge on any atom is 0.261 e. The molecule has 3 rings (SSSR count). The number of hydrogen-bond donors (Lipinski definition) is 1. The van der Waals surface area contributed by atoms with Gasteiger partial charge >= 0.3 is 0 Å². The highest BCUT2D eigenvalue weighted by Crippen LogP contribution is 2.33. The molecule has 1 atom stereocenters. The number of likely N-dealkylation sites (N-methyl/N-ethyl adjacent to an activating group) is 1. The van der Waals surface area contributed by atoms with Crippen molar-refractivity contribution < 1.29 is 14.3 Å².